The summed E-state index contributed by atoms with van der Waals surface area (Å²) in [6.45, 7) is 1.77. The fourth-order valence-electron chi connectivity index (χ4n) is 6.74. The van der Waals surface area contributed by atoms with E-state index in [2.05, 4.69) is 69.9 Å². The third kappa shape index (κ3) is 11.8. The maximum atomic E-state index is 12.6. The molecule has 0 unspecified atom stereocenters. The van der Waals surface area contributed by atoms with Crippen molar-refractivity contribution in [1.29, 1.82) is 0 Å². The van der Waals surface area contributed by atoms with Gasteiger partial charge in [-0.2, -0.15) is 23.4 Å². The quantitative estimate of drug-likeness (QED) is 0.0144. The minimum absolute atomic E-state index is 0.0272. The van der Waals surface area contributed by atoms with Crippen LogP contribution in [0.3, 0.4) is 0 Å². The Labute approximate surface area is 419 Å². The molecule has 0 aliphatic rings. The molecule has 0 aliphatic carbocycles. The van der Waals surface area contributed by atoms with E-state index in [1.807, 2.05) is 0 Å². The summed E-state index contributed by atoms with van der Waals surface area (Å²) in [5, 5.41) is 100.0. The number of aryl methyl sites for hydroxylation is 1. The van der Waals surface area contributed by atoms with Crippen molar-refractivity contribution in [3.8, 4) is 40.2 Å². The van der Waals surface area contributed by atoms with E-state index >= 15 is 0 Å². The van der Waals surface area contributed by atoms with E-state index in [1.165, 1.54) is 68.6 Å². The molecular formula is C44H35N11O15S3. The van der Waals surface area contributed by atoms with Crippen LogP contribution in [-0.2, 0) is 28.9 Å². The number of rotatable bonds is 19. The molecule has 0 saturated heterocycles. The predicted octanol–water partition coefficient (Wildman–Crippen LogP) is 12.8. The second-order valence-electron chi connectivity index (χ2n) is 14.7. The van der Waals surface area contributed by atoms with E-state index in [4.69, 9.17) is 24.7 Å². The summed E-state index contributed by atoms with van der Waals surface area (Å²) in [5.74, 6) is -0.432. The van der Waals surface area contributed by atoms with Crippen LogP contribution >= 0.6 is 24.1 Å². The topological polar surface area (TPSA) is 350 Å². The van der Waals surface area contributed by atoms with Crippen LogP contribution in [0.5, 0.6) is 34.5 Å². The van der Waals surface area contributed by atoms with E-state index < -0.39 is 20.8 Å². The summed E-state index contributed by atoms with van der Waals surface area (Å²) in [6, 6.07) is 25.2. The molecule has 0 spiro atoms. The zero-order chi connectivity index (χ0) is 51.8. The van der Waals surface area contributed by atoms with Gasteiger partial charge in [-0.25, -0.2) is 10.5 Å². The van der Waals surface area contributed by atoms with Gasteiger partial charge in [0, 0.05) is 34.5 Å². The molecule has 1 heterocycles. The zero-order valence-electron chi connectivity index (χ0n) is 37.8. The molecule has 0 aliphatic heterocycles. The number of phenols is 3. The third-order valence-electron chi connectivity index (χ3n) is 10.1. The normalized spacial score (nSPS) is 12.2. The van der Waals surface area contributed by atoms with Crippen LogP contribution in [0.25, 0.3) is 27.5 Å². The molecule has 8 aromatic rings. The van der Waals surface area contributed by atoms with Crippen LogP contribution in [-0.4, -0.2) is 75.1 Å². The van der Waals surface area contributed by atoms with Gasteiger partial charge in [-0.15, -0.1) is 49.6 Å². The third-order valence-corrected chi connectivity index (χ3v) is 12.2. The van der Waals surface area contributed by atoms with Crippen LogP contribution in [0, 0.1) is 6.92 Å². The van der Waals surface area contributed by atoms with Crippen molar-refractivity contribution in [2.75, 3.05) is 21.3 Å². The largest absolute Gasteiger partial charge is 0.508 e. The number of aromatic hydroxyl groups is 3. The van der Waals surface area contributed by atoms with Crippen molar-refractivity contribution in [2.45, 2.75) is 21.6 Å². The van der Waals surface area contributed by atoms with Crippen LogP contribution in [0.2, 0.25) is 0 Å². The fourth-order valence-corrected chi connectivity index (χ4v) is 8.32. The lowest BCUT2D eigenvalue weighted by Gasteiger charge is -2.10. The Morgan fingerprint density at radius 1 is 0.575 bits per heavy atom. The fraction of sp³-hybridized carbons (Fsp3) is 0.0909. The van der Waals surface area contributed by atoms with Gasteiger partial charge in [-0.1, -0.05) is 10.1 Å². The van der Waals surface area contributed by atoms with Crippen molar-refractivity contribution >= 4 is 102 Å². The minimum Gasteiger partial charge on any atom is -0.508 e. The molecule has 7 aromatic carbocycles. The molecular weight excluding hydrogens is 1020 g/mol. The highest BCUT2D eigenvalue weighted by Crippen LogP contribution is 2.47. The number of methoxy groups -OCH3 is 3. The van der Waals surface area contributed by atoms with Crippen molar-refractivity contribution < 1.29 is 71.8 Å². The lowest BCUT2D eigenvalue weighted by molar-refractivity contribution is -0.432. The number of hydrogen-bond donors (Lipinski definition) is 6. The average molecular weight is 1050 g/mol. The predicted molar refractivity (Wildman–Crippen MR) is 259 cm³/mol. The second kappa shape index (κ2) is 22.5. The van der Waals surface area contributed by atoms with Crippen LogP contribution in [0.4, 0.5) is 45.5 Å². The van der Waals surface area contributed by atoms with Gasteiger partial charge in [0.25, 0.3) is 10.1 Å². The van der Waals surface area contributed by atoms with Gasteiger partial charge in [-0.3, -0.25) is 4.55 Å². The molecule has 0 amide bonds. The number of ether oxygens (including phenoxy) is 3. The first-order valence-electron chi connectivity index (χ1n) is 20.4. The molecule has 0 fully saturated rings. The van der Waals surface area contributed by atoms with Crippen molar-refractivity contribution in [1.82, 2.24) is 15.0 Å². The number of benzene rings is 7. The maximum Gasteiger partial charge on any atom is 0.296 e. The number of phenolic OH excluding ortho intramolecular Hbond substituents is 3. The smallest absolute Gasteiger partial charge is 0.296 e. The summed E-state index contributed by atoms with van der Waals surface area (Å²) < 4.78 is 61.1. The molecule has 6 N–H and O–H groups in total. The Kier molecular flexibility index (Phi) is 15.7. The van der Waals surface area contributed by atoms with E-state index in [0.29, 0.717) is 50.3 Å². The first-order valence-corrected chi connectivity index (χ1v) is 23.3. The Bertz CT molecular complexity index is 3620. The SMILES string of the molecule is COc1cc(N=Nc2c(SOOO)cc3cc(N=Nc4ccc(O)cc4)ccc3c2O)c(O)cc1N=Nc1cc(OC)c(N=Nc2cc3nn(-c4ccc(SOOO)cc4C)nc3cc2S(=O)(=O)O)cc1OC. The summed E-state index contributed by atoms with van der Waals surface area (Å²) >= 11 is 1.26. The Morgan fingerprint density at radius 3 is 1.75 bits per heavy atom. The highest BCUT2D eigenvalue weighted by molar-refractivity contribution is 7.95. The molecule has 29 heteroatoms. The van der Waals surface area contributed by atoms with E-state index in [1.54, 1.807) is 61.5 Å². The molecule has 0 atom stereocenters. The highest BCUT2D eigenvalue weighted by Gasteiger charge is 2.22. The van der Waals surface area contributed by atoms with Gasteiger partial charge >= 0.3 is 0 Å². The number of azo groups is 4. The second-order valence-corrected chi connectivity index (χ2v) is 17.6. The Morgan fingerprint density at radius 2 is 1.14 bits per heavy atom. The van der Waals surface area contributed by atoms with Gasteiger partial charge in [0.05, 0.1) is 67.4 Å². The highest BCUT2D eigenvalue weighted by atomic mass is 32.2. The van der Waals surface area contributed by atoms with Crippen LogP contribution in [0.1, 0.15) is 5.56 Å². The number of aromatic nitrogens is 3. The van der Waals surface area contributed by atoms with Crippen molar-refractivity contribution in [2.24, 2.45) is 40.9 Å². The number of nitrogens with zero attached hydrogens (tertiary/aromatic N) is 11. The van der Waals surface area contributed by atoms with E-state index in [9.17, 15) is 28.3 Å². The molecule has 0 bridgehead atoms. The maximum absolute atomic E-state index is 12.6. The molecule has 1 aromatic heterocycles. The van der Waals surface area contributed by atoms with Gasteiger partial charge in [-0.05, 0) is 96.7 Å². The van der Waals surface area contributed by atoms with Crippen molar-refractivity contribution in [3.63, 3.8) is 0 Å². The first-order chi connectivity index (χ1) is 35.2. The molecule has 8 rings (SSSR count). The van der Waals surface area contributed by atoms with Crippen LogP contribution in [0.15, 0.2) is 159 Å². The molecule has 374 valence electrons. The first kappa shape index (κ1) is 51.1. The van der Waals surface area contributed by atoms with Gasteiger partial charge in [0.15, 0.2) is 5.75 Å². The minimum atomic E-state index is -4.87. The Balaban J connectivity index is 1.05. The van der Waals surface area contributed by atoms with Gasteiger partial charge < -0.3 is 29.5 Å². The van der Waals surface area contributed by atoms with Crippen molar-refractivity contribution in [3.05, 3.63) is 109 Å². The summed E-state index contributed by atoms with van der Waals surface area (Å²) in [6.07, 6.45) is 0. The monoisotopic (exact) mass is 1050 g/mol. The lowest BCUT2D eigenvalue weighted by Crippen LogP contribution is -2.01. The number of fused-ring (bicyclic) bond motifs is 2. The molecule has 73 heavy (non-hydrogen) atoms. The van der Waals surface area contributed by atoms with Gasteiger partial charge in [0.1, 0.15) is 78.8 Å². The number of hydrogen-bond acceptors (Lipinski definition) is 26. The molecule has 0 radical (unpaired) electrons. The van der Waals surface area contributed by atoms with Crippen LogP contribution < -0.4 is 14.2 Å². The standard InChI is InChI=1S/C44H35N11O15S3/c1-22-13-27(71-69-67-59)10-12-36(22)55-53-29-16-35(42(73(61,62)63)21-30(29)54-55)51-50-34-20-39(65-3)33(19-40(34)66-4)49-48-32-17-37(57)31(18-38(32)64-2)47-52-43-41(72-70-68-60)15-23-14-25(7-11-28(23)44(43)58)46-45-24-5-8-26(56)9-6-24/h5-21,56-60H,1-4H3,(H,61,62,63). The van der Waals surface area contributed by atoms with E-state index in [0.717, 1.165) is 18.1 Å². The average Bonchev–Trinajstić information content (AvgIpc) is 3.80. The molecule has 26 nitrogen and oxygen atoms in total. The Hall–Kier alpha value is -8.23. The summed E-state index contributed by atoms with van der Waals surface area (Å²) in [7, 11) is -0.848. The zero-order valence-corrected chi connectivity index (χ0v) is 40.3. The lowest BCUT2D eigenvalue weighted by atomic mass is 10.1. The summed E-state index contributed by atoms with van der Waals surface area (Å²) in [5.41, 5.74) is 2.08. The molecule has 0 saturated carbocycles. The van der Waals surface area contributed by atoms with Gasteiger partial charge in [0.2, 0.25) is 0 Å². The summed E-state index contributed by atoms with van der Waals surface area (Å²) in [4.78, 5) is 1.38. The van der Waals surface area contributed by atoms with E-state index in [-0.39, 0.29) is 78.8 Å².